The van der Waals surface area contributed by atoms with Gasteiger partial charge in [0.25, 0.3) is 0 Å². The van der Waals surface area contributed by atoms with E-state index in [4.69, 9.17) is 0 Å². The van der Waals surface area contributed by atoms with Crippen LogP contribution in [0.4, 0.5) is 4.39 Å². The van der Waals surface area contributed by atoms with E-state index in [-0.39, 0.29) is 17.9 Å². The lowest BCUT2D eigenvalue weighted by Gasteiger charge is -1.97. The molecule has 2 heterocycles. The molecule has 0 aromatic carbocycles. The number of halogens is 1. The topological polar surface area (TPSA) is 47.8 Å². The van der Waals surface area contributed by atoms with Gasteiger partial charge in [-0.2, -0.15) is 5.10 Å². The molecule has 0 radical (unpaired) electrons. The quantitative estimate of drug-likeness (QED) is 0.733. The number of nitrogens with zero attached hydrogens (tertiary/aromatic N) is 3. The first-order valence-electron chi connectivity index (χ1n) is 4.77. The maximum absolute atomic E-state index is 12.6. The van der Waals surface area contributed by atoms with Gasteiger partial charge in [-0.05, 0) is 17.7 Å². The summed E-state index contributed by atoms with van der Waals surface area (Å²) in [6.45, 7) is 0. The number of aryl methyl sites for hydroxylation is 1. The fourth-order valence-electron chi connectivity index (χ4n) is 1.38. The molecular weight excluding hydrogens is 209 g/mol. The van der Waals surface area contributed by atoms with E-state index >= 15 is 0 Å². The van der Waals surface area contributed by atoms with E-state index in [1.54, 1.807) is 24.1 Å². The van der Waals surface area contributed by atoms with Crippen molar-refractivity contribution < 1.29 is 9.18 Å². The first kappa shape index (κ1) is 10.5. The van der Waals surface area contributed by atoms with Crippen molar-refractivity contribution in [1.82, 2.24) is 14.8 Å². The third-order valence-corrected chi connectivity index (χ3v) is 2.14. The fraction of sp³-hybridized carbons (Fsp3) is 0.182. The average Bonchev–Trinajstić information content (AvgIpc) is 2.65. The maximum Gasteiger partial charge on any atom is 0.185 e. The zero-order valence-electron chi connectivity index (χ0n) is 8.72. The van der Waals surface area contributed by atoms with E-state index in [2.05, 4.69) is 10.1 Å². The summed E-state index contributed by atoms with van der Waals surface area (Å²) in [6, 6.07) is 2.61. The van der Waals surface area contributed by atoms with Gasteiger partial charge in [0.05, 0.1) is 12.4 Å². The predicted octanol–water partition coefficient (Wildman–Crippen LogP) is 1.38. The molecule has 0 N–H and O–H groups in total. The molecule has 0 bridgehead atoms. The van der Waals surface area contributed by atoms with Gasteiger partial charge in [-0.1, -0.05) is 0 Å². The van der Waals surface area contributed by atoms with Crippen LogP contribution in [0.2, 0.25) is 0 Å². The van der Waals surface area contributed by atoms with Gasteiger partial charge < -0.3 is 0 Å². The summed E-state index contributed by atoms with van der Waals surface area (Å²) in [7, 11) is 1.78. The molecule has 4 nitrogen and oxygen atoms in total. The third-order valence-electron chi connectivity index (χ3n) is 2.14. The van der Waals surface area contributed by atoms with Gasteiger partial charge in [0.2, 0.25) is 0 Å². The number of carbonyl (C=O) groups is 1. The van der Waals surface area contributed by atoms with Gasteiger partial charge >= 0.3 is 0 Å². The van der Waals surface area contributed by atoms with Crippen LogP contribution in [0.5, 0.6) is 0 Å². The van der Waals surface area contributed by atoms with E-state index in [0.29, 0.717) is 0 Å². The Morgan fingerprint density at radius 2 is 2.25 bits per heavy atom. The van der Waals surface area contributed by atoms with Crippen molar-refractivity contribution in [3.63, 3.8) is 0 Å². The molecule has 0 aliphatic carbocycles. The summed E-state index contributed by atoms with van der Waals surface area (Å²) >= 11 is 0. The van der Waals surface area contributed by atoms with Gasteiger partial charge in [0, 0.05) is 19.7 Å². The summed E-state index contributed by atoms with van der Waals surface area (Å²) in [5.41, 5.74) is 1.09. The molecule has 5 heteroatoms. The molecule has 0 saturated heterocycles. The van der Waals surface area contributed by atoms with E-state index < -0.39 is 5.82 Å². The van der Waals surface area contributed by atoms with Gasteiger partial charge in [0.1, 0.15) is 11.5 Å². The van der Waals surface area contributed by atoms with Crippen molar-refractivity contribution in [2.75, 3.05) is 0 Å². The lowest BCUT2D eigenvalue weighted by Crippen LogP contribution is -2.05. The first-order valence-corrected chi connectivity index (χ1v) is 4.77. The van der Waals surface area contributed by atoms with Crippen LogP contribution in [-0.4, -0.2) is 20.5 Å². The summed E-state index contributed by atoms with van der Waals surface area (Å²) in [6.07, 6.45) is 4.66. The summed E-state index contributed by atoms with van der Waals surface area (Å²) in [5, 5.41) is 3.96. The minimum absolute atomic E-state index is 0.145. The van der Waals surface area contributed by atoms with Gasteiger partial charge in [-0.25, -0.2) is 4.39 Å². The Labute approximate surface area is 91.7 Å². The molecule has 16 heavy (non-hydrogen) atoms. The summed E-state index contributed by atoms with van der Waals surface area (Å²) in [4.78, 5) is 15.4. The van der Waals surface area contributed by atoms with Crippen molar-refractivity contribution in [3.8, 4) is 0 Å². The van der Waals surface area contributed by atoms with Gasteiger partial charge in [-0.3, -0.25) is 14.5 Å². The maximum atomic E-state index is 12.6. The normalized spacial score (nSPS) is 10.4. The number of hydrogen-bond acceptors (Lipinski definition) is 3. The predicted molar refractivity (Wildman–Crippen MR) is 55.4 cm³/mol. The lowest BCUT2D eigenvalue weighted by molar-refractivity contribution is 0.0988. The largest absolute Gasteiger partial charge is 0.292 e. The van der Waals surface area contributed by atoms with E-state index in [9.17, 15) is 9.18 Å². The fourth-order valence-corrected chi connectivity index (χ4v) is 1.38. The van der Waals surface area contributed by atoms with Crippen LogP contribution < -0.4 is 0 Å². The van der Waals surface area contributed by atoms with E-state index in [1.165, 1.54) is 12.1 Å². The molecule has 2 rings (SSSR count). The Morgan fingerprint density at radius 1 is 1.44 bits per heavy atom. The summed E-state index contributed by atoms with van der Waals surface area (Å²) in [5.74, 6) is -0.592. The van der Waals surface area contributed by atoms with Gasteiger partial charge in [-0.15, -0.1) is 0 Å². The van der Waals surface area contributed by atoms with Crippen molar-refractivity contribution in [2.45, 2.75) is 6.42 Å². The number of ketones is 1. The van der Waals surface area contributed by atoms with Crippen molar-refractivity contribution in [1.29, 1.82) is 0 Å². The number of carbonyl (C=O) groups excluding carboxylic acids is 1. The number of pyridine rings is 1. The highest BCUT2D eigenvalue weighted by Gasteiger charge is 2.09. The molecule has 0 unspecified atom stereocenters. The highest BCUT2D eigenvalue weighted by atomic mass is 19.1. The second-order valence-electron chi connectivity index (χ2n) is 3.48. The van der Waals surface area contributed by atoms with Crippen LogP contribution in [0.25, 0.3) is 0 Å². The Kier molecular flexibility index (Phi) is 2.76. The first-order chi connectivity index (χ1) is 7.65. The number of rotatable bonds is 3. The number of Topliss-reactive ketones (excluding diaryl/α,β-unsaturated/α-hetero) is 1. The Balaban J connectivity index is 2.11. The van der Waals surface area contributed by atoms with Crippen molar-refractivity contribution in [2.24, 2.45) is 7.05 Å². The third kappa shape index (κ3) is 2.31. The second kappa shape index (κ2) is 4.22. The summed E-state index contributed by atoms with van der Waals surface area (Å²) < 4.78 is 14.2. The zero-order valence-corrected chi connectivity index (χ0v) is 8.72. The molecular formula is C11H10FN3O. The minimum Gasteiger partial charge on any atom is -0.292 e. The number of hydrogen-bond donors (Lipinski definition) is 0. The second-order valence-corrected chi connectivity index (χ2v) is 3.48. The average molecular weight is 219 g/mol. The molecule has 0 fully saturated rings. The monoisotopic (exact) mass is 219 g/mol. The zero-order chi connectivity index (χ0) is 11.5. The van der Waals surface area contributed by atoms with Crippen molar-refractivity contribution >= 4 is 5.78 Å². The van der Waals surface area contributed by atoms with Crippen LogP contribution in [0.15, 0.2) is 30.7 Å². The van der Waals surface area contributed by atoms with Crippen molar-refractivity contribution in [3.05, 3.63) is 47.8 Å². The van der Waals surface area contributed by atoms with Crippen LogP contribution in [-0.2, 0) is 13.5 Å². The molecule has 0 spiro atoms. The molecule has 0 aliphatic rings. The molecule has 82 valence electrons. The van der Waals surface area contributed by atoms with Crippen LogP contribution >= 0.6 is 0 Å². The van der Waals surface area contributed by atoms with E-state index in [0.717, 1.165) is 11.8 Å². The highest BCUT2D eigenvalue weighted by molar-refractivity contribution is 5.95. The molecule has 0 saturated carbocycles. The van der Waals surface area contributed by atoms with Crippen LogP contribution in [0, 0.1) is 5.82 Å². The Morgan fingerprint density at radius 3 is 2.81 bits per heavy atom. The molecule has 2 aromatic rings. The minimum atomic E-state index is -0.446. The van der Waals surface area contributed by atoms with Gasteiger partial charge in [0.15, 0.2) is 5.78 Å². The lowest BCUT2D eigenvalue weighted by atomic mass is 10.1. The smallest absolute Gasteiger partial charge is 0.185 e. The Hall–Kier alpha value is -2.04. The standard InChI is InChI=1S/C11H10FN3O/c1-15-7-8(5-14-15)4-11(16)10-3-2-9(12)6-13-10/h2-3,5-7H,4H2,1H3. The van der Waals surface area contributed by atoms with Crippen LogP contribution in [0.1, 0.15) is 16.1 Å². The molecule has 2 aromatic heterocycles. The molecule has 0 atom stereocenters. The van der Waals surface area contributed by atoms with E-state index in [1.807, 2.05) is 0 Å². The highest BCUT2D eigenvalue weighted by Crippen LogP contribution is 2.05. The van der Waals surface area contributed by atoms with Crippen LogP contribution in [0.3, 0.4) is 0 Å². The number of aromatic nitrogens is 3. The SMILES string of the molecule is Cn1cc(CC(=O)c2ccc(F)cn2)cn1. The Bertz CT molecular complexity index is 504. The molecule has 0 amide bonds. The molecule has 0 aliphatic heterocycles.